The first-order valence-electron chi connectivity index (χ1n) is 18.2. The van der Waals surface area contributed by atoms with Gasteiger partial charge in [-0.25, -0.2) is 0 Å². The summed E-state index contributed by atoms with van der Waals surface area (Å²) in [7, 11) is 1.72. The summed E-state index contributed by atoms with van der Waals surface area (Å²) in [4.78, 5) is 10.2. The van der Waals surface area contributed by atoms with Gasteiger partial charge in [0.15, 0.2) is 0 Å². The summed E-state index contributed by atoms with van der Waals surface area (Å²) in [5.74, 6) is -0.873. The van der Waals surface area contributed by atoms with Crippen molar-refractivity contribution in [2.45, 2.75) is 37.3 Å². The zero-order valence-electron chi connectivity index (χ0n) is 30.5. The molecule has 5 aromatic carbocycles. The van der Waals surface area contributed by atoms with E-state index in [1.165, 1.54) is 12.1 Å². The summed E-state index contributed by atoms with van der Waals surface area (Å²) < 4.78 is 18.3. The van der Waals surface area contributed by atoms with Gasteiger partial charge in [0.25, 0.3) is 5.97 Å². The van der Waals surface area contributed by atoms with E-state index >= 15 is 0 Å². The van der Waals surface area contributed by atoms with Gasteiger partial charge in [0, 0.05) is 31.0 Å². The largest absolute Gasteiger partial charge is 0.840 e. The molecule has 0 bridgehead atoms. The Hall–Kier alpha value is -4.67. The lowest BCUT2D eigenvalue weighted by Gasteiger charge is -2.40. The fourth-order valence-corrected chi connectivity index (χ4v) is 7.07. The number of aliphatic carboxylic acids is 1. The number of hydrogen-bond acceptors (Lipinski definition) is 6. The fourth-order valence-electron chi connectivity index (χ4n) is 7.07. The van der Waals surface area contributed by atoms with Crippen LogP contribution in [0, 0.1) is 11.8 Å². The minimum atomic E-state index is -1.66. The Labute approximate surface area is 313 Å². The van der Waals surface area contributed by atoms with E-state index in [1.807, 2.05) is 18.2 Å². The molecule has 5 atom stereocenters. The number of nitrogens with two attached hydrogens (primary N) is 1. The second kappa shape index (κ2) is 20.0. The molecule has 8 heteroatoms. The van der Waals surface area contributed by atoms with Crippen molar-refractivity contribution in [3.63, 3.8) is 0 Å². The molecule has 53 heavy (non-hydrogen) atoms. The van der Waals surface area contributed by atoms with Crippen molar-refractivity contribution in [1.29, 1.82) is 0 Å². The number of benzene rings is 5. The molecule has 1 aliphatic rings. The Kier molecular flexibility index (Phi) is 14.9. The van der Waals surface area contributed by atoms with Crippen LogP contribution < -0.4 is 10.4 Å². The highest BCUT2D eigenvalue weighted by Gasteiger charge is 2.42. The van der Waals surface area contributed by atoms with Crippen LogP contribution in [0.1, 0.15) is 52.3 Å². The average molecular weight is 718 g/mol. The topological polar surface area (TPSA) is 125 Å². The number of rotatable bonds is 15. The van der Waals surface area contributed by atoms with E-state index in [4.69, 9.17) is 19.3 Å². The number of hydrogen-bond donors (Lipinski definition) is 3. The van der Waals surface area contributed by atoms with Crippen LogP contribution in [0.15, 0.2) is 146 Å². The fraction of sp³-hybridized carbons (Fsp3) is 0.311. The van der Waals surface area contributed by atoms with Gasteiger partial charge in [0.2, 0.25) is 0 Å². The van der Waals surface area contributed by atoms with Crippen molar-refractivity contribution in [2.75, 3.05) is 40.0 Å². The molecule has 0 spiro atoms. The first-order chi connectivity index (χ1) is 25.8. The predicted molar refractivity (Wildman–Crippen MR) is 203 cm³/mol. The predicted octanol–water partition coefficient (Wildman–Crippen LogP) is 5.30. The summed E-state index contributed by atoms with van der Waals surface area (Å²) in [5.41, 5.74) is 5.04. The summed E-state index contributed by atoms with van der Waals surface area (Å²) in [6.07, 6.45) is -2.11. The van der Waals surface area contributed by atoms with Crippen molar-refractivity contribution < 1.29 is 39.6 Å². The van der Waals surface area contributed by atoms with Crippen LogP contribution >= 0.6 is 0 Å². The summed E-state index contributed by atoms with van der Waals surface area (Å²) in [6.45, 7) is 6.12. The van der Waals surface area contributed by atoms with Crippen molar-refractivity contribution in [3.05, 3.63) is 179 Å². The second-order valence-corrected chi connectivity index (χ2v) is 13.6. The third-order valence-electron chi connectivity index (χ3n) is 9.67. The number of piperidine rings is 1. The van der Waals surface area contributed by atoms with Crippen LogP contribution in [0.4, 0.5) is 0 Å². The van der Waals surface area contributed by atoms with E-state index < -0.39 is 23.8 Å². The molecule has 1 aliphatic heterocycles. The number of aliphatic hydroxyl groups is 1. The molecule has 1 heterocycles. The molecule has 4 N–H and O–H groups in total. The lowest BCUT2D eigenvalue weighted by Crippen LogP contribution is -2.91. The zero-order valence-corrected chi connectivity index (χ0v) is 30.5. The molecule has 8 nitrogen and oxygen atoms in total. The van der Waals surface area contributed by atoms with Gasteiger partial charge in [0.05, 0.1) is 33.0 Å². The van der Waals surface area contributed by atoms with Gasteiger partial charge >= 0.3 is 0 Å². The molecule has 0 unspecified atom stereocenters. The zero-order chi connectivity index (χ0) is 37.5. The van der Waals surface area contributed by atoms with Gasteiger partial charge in [-0.1, -0.05) is 158 Å². The minimum absolute atomic E-state index is 0.0216. The van der Waals surface area contributed by atoms with Crippen LogP contribution in [0.3, 0.4) is 0 Å². The molecular weight excluding hydrogens is 666 g/mol. The summed E-state index contributed by atoms with van der Waals surface area (Å²) in [5, 5.41) is 32.6. The van der Waals surface area contributed by atoms with E-state index in [0.29, 0.717) is 44.5 Å². The number of aliphatic hydroxyl groups excluding tert-OH is 1. The quantitative estimate of drug-likeness (QED) is 0.126. The molecule has 0 amide bonds. The van der Waals surface area contributed by atoms with E-state index in [0.717, 1.165) is 34.4 Å². The molecule has 6 rings (SSSR count). The summed E-state index contributed by atoms with van der Waals surface area (Å²) >= 11 is 0. The minimum Gasteiger partial charge on any atom is -0.840 e. The number of quaternary nitrogens is 1. The number of carbonyl (C=O) groups is 1. The maximum absolute atomic E-state index is 11.3. The number of methoxy groups -OCH3 is 1. The smallest absolute Gasteiger partial charge is 0.294 e. The van der Waals surface area contributed by atoms with Crippen LogP contribution in [-0.2, 0) is 31.2 Å². The first kappa shape index (κ1) is 39.5. The molecule has 1 fully saturated rings. The maximum Gasteiger partial charge on any atom is 0.294 e. The van der Waals surface area contributed by atoms with Gasteiger partial charge in [-0.3, -0.25) is 4.79 Å². The normalized spacial score (nSPS) is 18.3. The van der Waals surface area contributed by atoms with Crippen molar-refractivity contribution in [3.8, 4) is 0 Å². The Balaban J connectivity index is 0.000000422. The molecule has 278 valence electrons. The van der Waals surface area contributed by atoms with E-state index in [1.54, 1.807) is 25.3 Å². The molecule has 0 aromatic heterocycles. The highest BCUT2D eigenvalue weighted by Crippen LogP contribution is 2.42. The number of carboxylic acid groups (broad SMARTS) is 1. The lowest BCUT2D eigenvalue weighted by atomic mass is 9.78. The average Bonchev–Trinajstić information content (AvgIpc) is 3.20. The van der Waals surface area contributed by atoms with Crippen LogP contribution in [-0.4, -0.2) is 62.3 Å². The van der Waals surface area contributed by atoms with Gasteiger partial charge in [-0.15, -0.1) is 0 Å². The molecule has 5 aromatic rings. The van der Waals surface area contributed by atoms with Gasteiger partial charge in [-0.05, 0) is 27.8 Å². The molecule has 1 saturated heterocycles. The van der Waals surface area contributed by atoms with E-state index in [-0.39, 0.29) is 11.8 Å². The Morgan fingerprint density at radius 1 is 0.774 bits per heavy atom. The van der Waals surface area contributed by atoms with Gasteiger partial charge < -0.3 is 34.8 Å². The van der Waals surface area contributed by atoms with E-state index in [2.05, 4.69) is 109 Å². The summed E-state index contributed by atoms with van der Waals surface area (Å²) in [6, 6.07) is 48.1. The van der Waals surface area contributed by atoms with Crippen LogP contribution in [0.25, 0.3) is 0 Å². The maximum atomic E-state index is 11.3. The SMILES string of the molecule is COC[C@H](C)COCc1ccc([C@H]2[C@H](COC(c3ccccc3)(c3ccccc3)c3ccccc3)C[NH2+]C[C@@H]2O)cc1.O=C(O)[C@@H]([O-])c1ccccc1. The Morgan fingerprint density at radius 3 is 1.77 bits per heavy atom. The molecule has 0 aliphatic carbocycles. The standard InChI is InChI=1S/C37H43NO4.C8H7O3/c1-28(24-40-2)25-41-26-29-18-20-30(21-19-29)36-31(22-38-23-35(36)39)27-42-37(32-12-6-3-7-13-32,33-14-8-4-9-15-33)34-16-10-5-11-17-34;9-7(8(10)11)6-4-2-1-3-5-6/h3-21,28,31,35-36,38-39H,22-27H2,1-2H3;1-5,7H,(H,10,11)/q;-1/p+1/t28-,31-,35-,36-;7-/m00/s1. The van der Waals surface area contributed by atoms with E-state index in [9.17, 15) is 15.0 Å². The Morgan fingerprint density at radius 2 is 1.28 bits per heavy atom. The van der Waals surface area contributed by atoms with Crippen LogP contribution in [0.2, 0.25) is 0 Å². The van der Waals surface area contributed by atoms with Crippen molar-refractivity contribution >= 4 is 5.97 Å². The second-order valence-electron chi connectivity index (χ2n) is 13.6. The monoisotopic (exact) mass is 717 g/mol. The highest BCUT2D eigenvalue weighted by molar-refractivity contribution is 5.73. The van der Waals surface area contributed by atoms with Crippen molar-refractivity contribution in [2.24, 2.45) is 11.8 Å². The number of ether oxygens (including phenoxy) is 3. The molecule has 0 radical (unpaired) electrons. The van der Waals surface area contributed by atoms with Crippen LogP contribution in [0.5, 0.6) is 0 Å². The molecular formula is C45H51NO7. The molecule has 0 saturated carbocycles. The first-order valence-corrected chi connectivity index (χ1v) is 18.2. The number of carboxylic acids is 1. The third kappa shape index (κ3) is 10.5. The van der Waals surface area contributed by atoms with Gasteiger partial charge in [0.1, 0.15) is 18.2 Å². The lowest BCUT2D eigenvalue weighted by molar-refractivity contribution is -0.678. The third-order valence-corrected chi connectivity index (χ3v) is 9.67. The van der Waals surface area contributed by atoms with Gasteiger partial charge in [-0.2, -0.15) is 0 Å². The highest BCUT2D eigenvalue weighted by atomic mass is 16.5. The Bertz CT molecular complexity index is 1680. The van der Waals surface area contributed by atoms with Crippen molar-refractivity contribution in [1.82, 2.24) is 0 Å².